The molecule has 3 atom stereocenters. The van der Waals surface area contributed by atoms with Crippen LogP contribution >= 0.6 is 0 Å². The molecule has 0 aromatic carbocycles. The van der Waals surface area contributed by atoms with E-state index in [1.165, 1.54) is 0 Å². The van der Waals surface area contributed by atoms with Gasteiger partial charge in [0.15, 0.2) is 0 Å². The van der Waals surface area contributed by atoms with Gasteiger partial charge in [0.2, 0.25) is 0 Å². The SMILES string of the molecule is CCOCC(COCC)OC(C)(CC)CC(C)OC(C)CC. The highest BCUT2D eigenvalue weighted by atomic mass is 16.6. The van der Waals surface area contributed by atoms with Gasteiger partial charge >= 0.3 is 0 Å². The third kappa shape index (κ3) is 9.78. The van der Waals surface area contributed by atoms with Crippen molar-refractivity contribution >= 4 is 0 Å². The van der Waals surface area contributed by atoms with Crippen LogP contribution in [0.5, 0.6) is 0 Å². The van der Waals surface area contributed by atoms with E-state index in [0.29, 0.717) is 32.5 Å². The highest BCUT2D eigenvalue weighted by Gasteiger charge is 2.30. The predicted octanol–water partition coefficient (Wildman–Crippen LogP) is 4.21. The Labute approximate surface area is 137 Å². The molecule has 0 rings (SSSR count). The largest absolute Gasteiger partial charge is 0.379 e. The number of rotatable bonds is 14. The summed E-state index contributed by atoms with van der Waals surface area (Å²) in [6.45, 7) is 17.3. The predicted molar refractivity (Wildman–Crippen MR) is 91.5 cm³/mol. The highest BCUT2D eigenvalue weighted by Crippen LogP contribution is 2.26. The van der Waals surface area contributed by atoms with Gasteiger partial charge in [0.25, 0.3) is 0 Å². The fourth-order valence-corrected chi connectivity index (χ4v) is 2.44. The van der Waals surface area contributed by atoms with Crippen LogP contribution in [0.2, 0.25) is 0 Å². The molecule has 3 unspecified atom stereocenters. The van der Waals surface area contributed by atoms with E-state index in [1.807, 2.05) is 13.8 Å². The maximum absolute atomic E-state index is 6.35. The van der Waals surface area contributed by atoms with E-state index < -0.39 is 0 Å². The summed E-state index contributed by atoms with van der Waals surface area (Å²) in [5.41, 5.74) is -0.217. The van der Waals surface area contributed by atoms with Crippen LogP contribution in [0.4, 0.5) is 0 Å². The molecular weight excluding hydrogens is 280 g/mol. The summed E-state index contributed by atoms with van der Waals surface area (Å²) >= 11 is 0. The van der Waals surface area contributed by atoms with Crippen LogP contribution in [-0.4, -0.2) is 50.3 Å². The minimum absolute atomic E-state index is 0.0272. The second kappa shape index (κ2) is 12.3. The van der Waals surface area contributed by atoms with Crippen LogP contribution in [-0.2, 0) is 18.9 Å². The number of hydrogen-bond acceptors (Lipinski definition) is 4. The average molecular weight is 318 g/mol. The summed E-state index contributed by atoms with van der Waals surface area (Å²) in [5, 5.41) is 0. The lowest BCUT2D eigenvalue weighted by Gasteiger charge is -2.35. The molecule has 0 aliphatic heterocycles. The Hall–Kier alpha value is -0.160. The minimum atomic E-state index is -0.217. The lowest BCUT2D eigenvalue weighted by molar-refractivity contribution is -0.153. The Morgan fingerprint density at radius 1 is 0.864 bits per heavy atom. The van der Waals surface area contributed by atoms with Crippen LogP contribution in [0.1, 0.15) is 67.7 Å². The number of hydrogen-bond donors (Lipinski definition) is 0. The molecular formula is C18H38O4. The molecule has 22 heavy (non-hydrogen) atoms. The van der Waals surface area contributed by atoms with Gasteiger partial charge in [-0.05, 0) is 47.5 Å². The molecule has 0 aromatic heterocycles. The van der Waals surface area contributed by atoms with Gasteiger partial charge in [0, 0.05) is 19.6 Å². The topological polar surface area (TPSA) is 36.9 Å². The number of ether oxygens (including phenoxy) is 4. The third-order valence-electron chi connectivity index (χ3n) is 3.97. The van der Waals surface area contributed by atoms with E-state index in [9.17, 15) is 0 Å². The molecule has 134 valence electrons. The van der Waals surface area contributed by atoms with Gasteiger partial charge in [-0.1, -0.05) is 13.8 Å². The molecule has 0 saturated heterocycles. The first kappa shape index (κ1) is 21.8. The summed E-state index contributed by atoms with van der Waals surface area (Å²) < 4.78 is 23.4. The first-order valence-corrected chi connectivity index (χ1v) is 8.89. The first-order valence-electron chi connectivity index (χ1n) is 8.89. The van der Waals surface area contributed by atoms with E-state index >= 15 is 0 Å². The fourth-order valence-electron chi connectivity index (χ4n) is 2.44. The van der Waals surface area contributed by atoms with Crippen LogP contribution in [0.25, 0.3) is 0 Å². The lowest BCUT2D eigenvalue weighted by Crippen LogP contribution is -2.40. The van der Waals surface area contributed by atoms with Crippen molar-refractivity contribution in [2.45, 2.75) is 91.6 Å². The zero-order valence-electron chi connectivity index (χ0n) is 15.8. The first-order chi connectivity index (χ1) is 10.4. The maximum Gasteiger partial charge on any atom is 0.105 e. The summed E-state index contributed by atoms with van der Waals surface area (Å²) in [6.07, 6.45) is 3.29. The Balaban J connectivity index is 4.56. The van der Waals surface area contributed by atoms with E-state index in [4.69, 9.17) is 18.9 Å². The van der Waals surface area contributed by atoms with E-state index in [-0.39, 0.29) is 17.8 Å². The van der Waals surface area contributed by atoms with Crippen molar-refractivity contribution in [1.29, 1.82) is 0 Å². The molecule has 0 amide bonds. The molecule has 4 heteroatoms. The molecule has 0 saturated carbocycles. The van der Waals surface area contributed by atoms with Crippen molar-refractivity contribution in [2.75, 3.05) is 26.4 Å². The smallest absolute Gasteiger partial charge is 0.105 e. The summed E-state index contributed by atoms with van der Waals surface area (Å²) in [5.74, 6) is 0. The van der Waals surface area contributed by atoms with Crippen molar-refractivity contribution in [2.24, 2.45) is 0 Å². The quantitative estimate of drug-likeness (QED) is 0.481. The normalized spacial score (nSPS) is 17.5. The van der Waals surface area contributed by atoms with Gasteiger partial charge in [0.1, 0.15) is 6.10 Å². The standard InChI is InChI=1S/C18H38O4/c1-8-15(5)21-16(6)12-18(7,9-2)22-17(13-19-10-3)14-20-11-4/h15-17H,8-14H2,1-7H3. The molecule has 4 nitrogen and oxygen atoms in total. The van der Waals surface area contributed by atoms with Crippen molar-refractivity contribution in [3.8, 4) is 0 Å². The Morgan fingerprint density at radius 2 is 1.41 bits per heavy atom. The zero-order chi connectivity index (χ0) is 17.0. The minimum Gasteiger partial charge on any atom is -0.379 e. The van der Waals surface area contributed by atoms with E-state index in [2.05, 4.69) is 34.6 Å². The maximum atomic E-state index is 6.35. The Kier molecular flexibility index (Phi) is 12.2. The van der Waals surface area contributed by atoms with E-state index in [0.717, 1.165) is 19.3 Å². The van der Waals surface area contributed by atoms with Crippen molar-refractivity contribution in [3.63, 3.8) is 0 Å². The van der Waals surface area contributed by atoms with Gasteiger partial charge in [0.05, 0.1) is 31.0 Å². The molecule has 0 spiro atoms. The second-order valence-corrected chi connectivity index (χ2v) is 6.23. The van der Waals surface area contributed by atoms with Gasteiger partial charge in [-0.25, -0.2) is 0 Å². The molecule has 0 heterocycles. The summed E-state index contributed by atoms with van der Waals surface area (Å²) in [6, 6.07) is 0. The zero-order valence-corrected chi connectivity index (χ0v) is 15.8. The van der Waals surface area contributed by atoms with Crippen LogP contribution in [0, 0.1) is 0 Å². The fraction of sp³-hybridized carbons (Fsp3) is 1.00. The van der Waals surface area contributed by atoms with E-state index in [1.54, 1.807) is 0 Å². The monoisotopic (exact) mass is 318 g/mol. The van der Waals surface area contributed by atoms with Crippen LogP contribution in [0.15, 0.2) is 0 Å². The molecule has 0 aromatic rings. The van der Waals surface area contributed by atoms with Crippen molar-refractivity contribution in [1.82, 2.24) is 0 Å². The molecule has 0 fully saturated rings. The summed E-state index contributed by atoms with van der Waals surface area (Å²) in [7, 11) is 0. The average Bonchev–Trinajstić information content (AvgIpc) is 2.49. The molecule has 0 aliphatic rings. The second-order valence-electron chi connectivity index (χ2n) is 6.23. The van der Waals surface area contributed by atoms with Crippen LogP contribution < -0.4 is 0 Å². The van der Waals surface area contributed by atoms with Gasteiger partial charge in [-0.3, -0.25) is 0 Å². The van der Waals surface area contributed by atoms with Gasteiger partial charge in [-0.2, -0.15) is 0 Å². The Morgan fingerprint density at radius 3 is 1.82 bits per heavy atom. The molecule has 0 bridgehead atoms. The third-order valence-corrected chi connectivity index (χ3v) is 3.97. The molecule has 0 aliphatic carbocycles. The summed E-state index contributed by atoms with van der Waals surface area (Å²) in [4.78, 5) is 0. The lowest BCUT2D eigenvalue weighted by atomic mass is 9.95. The Bertz CT molecular complexity index is 251. The van der Waals surface area contributed by atoms with Crippen LogP contribution in [0.3, 0.4) is 0 Å². The molecule has 0 radical (unpaired) electrons. The van der Waals surface area contributed by atoms with Crippen molar-refractivity contribution in [3.05, 3.63) is 0 Å². The van der Waals surface area contributed by atoms with Crippen molar-refractivity contribution < 1.29 is 18.9 Å². The van der Waals surface area contributed by atoms with Gasteiger partial charge < -0.3 is 18.9 Å². The molecule has 0 N–H and O–H groups in total. The highest BCUT2D eigenvalue weighted by molar-refractivity contribution is 4.79. The van der Waals surface area contributed by atoms with Gasteiger partial charge in [-0.15, -0.1) is 0 Å².